The van der Waals surface area contributed by atoms with Crippen molar-refractivity contribution in [2.45, 2.75) is 57.0 Å². The Labute approximate surface area is 155 Å². The van der Waals surface area contributed by atoms with Gasteiger partial charge in [0.05, 0.1) is 18.1 Å². The van der Waals surface area contributed by atoms with Crippen LogP contribution in [-0.2, 0) is 21.5 Å². The fraction of sp³-hybridized carbons (Fsp3) is 0.550. The highest BCUT2D eigenvalue weighted by molar-refractivity contribution is 5.88. The molecule has 2 aromatic rings. The summed E-state index contributed by atoms with van der Waals surface area (Å²) >= 11 is 0. The van der Waals surface area contributed by atoms with E-state index in [4.69, 9.17) is 4.74 Å². The van der Waals surface area contributed by atoms with E-state index < -0.39 is 5.41 Å². The second-order valence-electron chi connectivity index (χ2n) is 7.08. The molecule has 1 saturated carbocycles. The first-order chi connectivity index (χ1) is 12.7. The lowest BCUT2D eigenvalue weighted by atomic mass is 9.68. The van der Waals surface area contributed by atoms with Crippen LogP contribution in [0.2, 0.25) is 0 Å². The number of carbonyl (C=O) groups excluding carboxylic acids is 1. The van der Waals surface area contributed by atoms with Gasteiger partial charge in [-0.1, -0.05) is 49.6 Å². The molecule has 1 heterocycles. The van der Waals surface area contributed by atoms with Crippen molar-refractivity contribution in [2.24, 2.45) is 0 Å². The molecule has 1 aromatic carbocycles. The van der Waals surface area contributed by atoms with Gasteiger partial charge < -0.3 is 14.6 Å². The summed E-state index contributed by atoms with van der Waals surface area (Å²) in [4.78, 5) is 13.4. The van der Waals surface area contributed by atoms with Crippen molar-refractivity contribution in [1.29, 1.82) is 0 Å². The minimum absolute atomic E-state index is 0.0946. The molecule has 0 spiro atoms. The summed E-state index contributed by atoms with van der Waals surface area (Å²) in [7, 11) is 1.67. The molecule has 26 heavy (non-hydrogen) atoms. The minimum Gasteiger partial charge on any atom is -0.383 e. The summed E-state index contributed by atoms with van der Waals surface area (Å²) < 4.78 is 7.07. The van der Waals surface area contributed by atoms with Crippen molar-refractivity contribution in [3.05, 3.63) is 48.0 Å². The fourth-order valence-corrected chi connectivity index (χ4v) is 3.92. The Kier molecular flexibility index (Phi) is 6.04. The van der Waals surface area contributed by atoms with Gasteiger partial charge in [-0.05, 0) is 25.3 Å². The van der Waals surface area contributed by atoms with Gasteiger partial charge in [0.25, 0.3) is 0 Å². The Bertz CT molecular complexity index is 708. The molecule has 6 nitrogen and oxygen atoms in total. The molecule has 1 amide bonds. The summed E-state index contributed by atoms with van der Waals surface area (Å²) in [6.07, 6.45) is 6.84. The van der Waals surface area contributed by atoms with Crippen LogP contribution in [-0.4, -0.2) is 34.4 Å². The first kappa shape index (κ1) is 18.6. The first-order valence-corrected chi connectivity index (χ1v) is 9.40. The lowest BCUT2D eigenvalue weighted by molar-refractivity contribution is -0.128. The van der Waals surface area contributed by atoms with Crippen LogP contribution in [0.25, 0.3) is 0 Å². The maximum absolute atomic E-state index is 13.4. The van der Waals surface area contributed by atoms with E-state index >= 15 is 0 Å². The largest absolute Gasteiger partial charge is 0.383 e. The van der Waals surface area contributed by atoms with Crippen LogP contribution in [0.1, 0.15) is 56.5 Å². The Balaban J connectivity index is 1.79. The molecule has 0 radical (unpaired) electrons. The van der Waals surface area contributed by atoms with Gasteiger partial charge in [0.2, 0.25) is 5.91 Å². The molecular weight excluding hydrogens is 328 g/mol. The van der Waals surface area contributed by atoms with Crippen LogP contribution in [0, 0.1) is 0 Å². The van der Waals surface area contributed by atoms with E-state index in [-0.39, 0.29) is 11.9 Å². The second kappa shape index (κ2) is 8.45. The number of carbonyl (C=O) groups is 1. The third kappa shape index (κ3) is 3.80. The van der Waals surface area contributed by atoms with Crippen LogP contribution < -0.4 is 5.32 Å². The number of nitrogens with zero attached hydrogens (tertiary/aromatic N) is 3. The summed E-state index contributed by atoms with van der Waals surface area (Å²) in [5, 5.41) is 11.4. The highest BCUT2D eigenvalue weighted by Gasteiger charge is 2.41. The molecule has 1 atom stereocenters. The standard InChI is InChI=1S/C20H28N4O2/c1-16(18-23-21-15-24(18)13-14-26-2)22-19(25)20(11-7-4-8-12-20)17-9-5-3-6-10-17/h3,5-6,9-10,15-16H,4,7-8,11-14H2,1-2H3,(H,22,25). The lowest BCUT2D eigenvalue weighted by Crippen LogP contribution is -2.46. The van der Waals surface area contributed by atoms with Gasteiger partial charge in [0.1, 0.15) is 6.33 Å². The number of hydrogen-bond donors (Lipinski definition) is 1. The van der Waals surface area contributed by atoms with E-state index in [1.165, 1.54) is 6.42 Å². The summed E-state index contributed by atoms with van der Waals surface area (Å²) in [5.41, 5.74) is 0.677. The number of rotatable bonds is 7. The number of ether oxygens (including phenoxy) is 1. The van der Waals surface area contributed by atoms with E-state index in [0.717, 1.165) is 37.1 Å². The fourth-order valence-electron chi connectivity index (χ4n) is 3.92. The summed E-state index contributed by atoms with van der Waals surface area (Å²) in [6, 6.07) is 9.99. The van der Waals surface area contributed by atoms with Crippen LogP contribution in [0.5, 0.6) is 0 Å². The van der Waals surface area contributed by atoms with Crippen LogP contribution >= 0.6 is 0 Å². The third-order valence-corrected chi connectivity index (χ3v) is 5.38. The molecule has 1 unspecified atom stereocenters. The third-order valence-electron chi connectivity index (χ3n) is 5.38. The maximum Gasteiger partial charge on any atom is 0.231 e. The Morgan fingerprint density at radius 1 is 1.27 bits per heavy atom. The van der Waals surface area contributed by atoms with Gasteiger partial charge in [0.15, 0.2) is 5.82 Å². The molecule has 1 N–H and O–H groups in total. The van der Waals surface area contributed by atoms with Crippen molar-refractivity contribution >= 4 is 5.91 Å². The van der Waals surface area contributed by atoms with Crippen molar-refractivity contribution in [2.75, 3.05) is 13.7 Å². The second-order valence-corrected chi connectivity index (χ2v) is 7.08. The van der Waals surface area contributed by atoms with E-state index in [2.05, 4.69) is 27.6 Å². The molecule has 3 rings (SSSR count). The Hall–Kier alpha value is -2.21. The van der Waals surface area contributed by atoms with E-state index in [9.17, 15) is 4.79 Å². The highest BCUT2D eigenvalue weighted by atomic mass is 16.5. The van der Waals surface area contributed by atoms with Gasteiger partial charge in [-0.15, -0.1) is 10.2 Å². The van der Waals surface area contributed by atoms with E-state index in [1.54, 1.807) is 13.4 Å². The molecule has 1 aromatic heterocycles. The maximum atomic E-state index is 13.4. The highest BCUT2D eigenvalue weighted by Crippen LogP contribution is 2.40. The SMILES string of the molecule is COCCn1cnnc1C(C)NC(=O)C1(c2ccccc2)CCCCC1. The number of amides is 1. The molecule has 140 valence electrons. The van der Waals surface area contributed by atoms with Crippen LogP contribution in [0.3, 0.4) is 0 Å². The average Bonchev–Trinajstić information content (AvgIpc) is 3.16. The average molecular weight is 356 g/mol. The zero-order valence-corrected chi connectivity index (χ0v) is 15.6. The predicted octanol–water partition coefficient (Wildman–Crippen LogP) is 3.00. The van der Waals surface area contributed by atoms with Crippen molar-refractivity contribution in [3.63, 3.8) is 0 Å². The zero-order chi connectivity index (χ0) is 18.4. The predicted molar refractivity (Wildman–Crippen MR) is 99.7 cm³/mol. The van der Waals surface area contributed by atoms with Crippen LogP contribution in [0.4, 0.5) is 0 Å². The molecule has 1 aliphatic carbocycles. The molecule has 0 bridgehead atoms. The van der Waals surface area contributed by atoms with Gasteiger partial charge in [-0.25, -0.2) is 0 Å². The summed E-state index contributed by atoms with van der Waals surface area (Å²) in [5.74, 6) is 0.853. The molecular formula is C20H28N4O2. The molecule has 1 aliphatic rings. The Morgan fingerprint density at radius 3 is 2.69 bits per heavy atom. The monoisotopic (exact) mass is 356 g/mol. The van der Waals surface area contributed by atoms with Crippen LogP contribution in [0.15, 0.2) is 36.7 Å². The number of hydrogen-bond acceptors (Lipinski definition) is 4. The Morgan fingerprint density at radius 2 is 2.00 bits per heavy atom. The zero-order valence-electron chi connectivity index (χ0n) is 15.6. The van der Waals surface area contributed by atoms with Gasteiger partial charge in [0, 0.05) is 13.7 Å². The number of nitrogens with one attached hydrogen (secondary N) is 1. The van der Waals surface area contributed by atoms with Crippen molar-refractivity contribution in [1.82, 2.24) is 20.1 Å². The topological polar surface area (TPSA) is 69.0 Å². The molecule has 0 aliphatic heterocycles. The van der Waals surface area contributed by atoms with E-state index in [0.29, 0.717) is 13.2 Å². The normalized spacial score (nSPS) is 17.6. The molecule has 6 heteroatoms. The van der Waals surface area contributed by atoms with E-state index in [1.807, 2.05) is 29.7 Å². The lowest BCUT2D eigenvalue weighted by Gasteiger charge is -2.37. The number of methoxy groups -OCH3 is 1. The van der Waals surface area contributed by atoms with Gasteiger partial charge in [-0.3, -0.25) is 4.79 Å². The van der Waals surface area contributed by atoms with Gasteiger partial charge >= 0.3 is 0 Å². The molecule has 0 saturated heterocycles. The first-order valence-electron chi connectivity index (χ1n) is 9.40. The number of benzene rings is 1. The van der Waals surface area contributed by atoms with Crippen molar-refractivity contribution < 1.29 is 9.53 Å². The van der Waals surface area contributed by atoms with Gasteiger partial charge in [-0.2, -0.15) is 0 Å². The minimum atomic E-state index is -0.439. The summed E-state index contributed by atoms with van der Waals surface area (Å²) in [6.45, 7) is 3.22. The smallest absolute Gasteiger partial charge is 0.231 e. The quantitative estimate of drug-likeness (QED) is 0.828. The molecule has 1 fully saturated rings. The number of aromatic nitrogens is 3. The van der Waals surface area contributed by atoms with Crippen molar-refractivity contribution in [3.8, 4) is 0 Å².